The third-order valence-electron chi connectivity index (χ3n) is 5.42. The number of aromatic nitrogens is 1. The molecule has 0 bridgehead atoms. The molecule has 4 rings (SSSR count). The summed E-state index contributed by atoms with van der Waals surface area (Å²) < 4.78 is 0. The number of benzene rings is 2. The first-order chi connectivity index (χ1) is 14.2. The average molecular weight is 386 g/mol. The first-order valence-electron chi connectivity index (χ1n) is 9.99. The molecule has 0 spiro atoms. The number of fused-ring (bicyclic) bond motifs is 1. The van der Waals surface area contributed by atoms with Crippen molar-refractivity contribution in [2.75, 3.05) is 25.0 Å². The van der Waals surface area contributed by atoms with Gasteiger partial charge in [0, 0.05) is 44.8 Å². The highest BCUT2D eigenvalue weighted by Crippen LogP contribution is 2.27. The smallest absolute Gasteiger partial charge is 0.315 e. The Balaban J connectivity index is 1.24. The summed E-state index contributed by atoms with van der Waals surface area (Å²) in [4.78, 5) is 18.5. The van der Waals surface area contributed by atoms with Gasteiger partial charge in [-0.05, 0) is 52.8 Å². The highest BCUT2D eigenvalue weighted by atomic mass is 16.2. The van der Waals surface area contributed by atoms with E-state index in [4.69, 9.17) is 0 Å². The van der Waals surface area contributed by atoms with Gasteiger partial charge in [0.25, 0.3) is 0 Å². The second kappa shape index (κ2) is 8.78. The topological polar surface area (TPSA) is 57.3 Å². The number of pyridine rings is 1. The van der Waals surface area contributed by atoms with E-state index in [1.54, 1.807) is 12.4 Å². The van der Waals surface area contributed by atoms with Crippen molar-refractivity contribution in [1.82, 2.24) is 15.6 Å². The first kappa shape index (κ1) is 19.0. The molecular formula is C24H26N4O. The molecule has 0 radical (unpaired) electrons. The standard InChI is InChI=1S/C24H26N4O/c1-28-17-19(14-22-4-2-3-5-23(22)28)16-27-24(29)26-15-18-6-8-20(9-7-18)21-10-12-25-13-11-21/h2-13,19H,14-17H2,1H3,(H2,26,27,29). The SMILES string of the molecule is CN1CC(CNC(=O)NCc2ccc(-c3ccncc3)cc2)Cc2ccccc21. The molecule has 29 heavy (non-hydrogen) atoms. The minimum atomic E-state index is -0.121. The summed E-state index contributed by atoms with van der Waals surface area (Å²) in [6.07, 6.45) is 4.58. The van der Waals surface area contributed by atoms with Crippen LogP contribution in [0.5, 0.6) is 0 Å². The molecule has 1 atom stereocenters. The second-order valence-electron chi connectivity index (χ2n) is 7.58. The van der Waals surface area contributed by atoms with Crippen LogP contribution in [-0.2, 0) is 13.0 Å². The molecular weight excluding hydrogens is 360 g/mol. The maximum absolute atomic E-state index is 12.2. The largest absolute Gasteiger partial charge is 0.374 e. The van der Waals surface area contributed by atoms with E-state index < -0.39 is 0 Å². The van der Waals surface area contributed by atoms with Gasteiger partial charge in [-0.2, -0.15) is 0 Å². The zero-order valence-corrected chi connectivity index (χ0v) is 16.6. The molecule has 5 heteroatoms. The Hall–Kier alpha value is -3.34. The lowest BCUT2D eigenvalue weighted by molar-refractivity contribution is 0.238. The van der Waals surface area contributed by atoms with Crippen LogP contribution in [0.15, 0.2) is 73.1 Å². The Kier molecular flexibility index (Phi) is 5.75. The van der Waals surface area contributed by atoms with Crippen molar-refractivity contribution in [1.29, 1.82) is 0 Å². The number of urea groups is 1. The van der Waals surface area contributed by atoms with Crippen molar-refractivity contribution >= 4 is 11.7 Å². The highest BCUT2D eigenvalue weighted by Gasteiger charge is 2.22. The minimum Gasteiger partial charge on any atom is -0.374 e. The summed E-state index contributed by atoms with van der Waals surface area (Å²) in [6, 6.07) is 20.6. The van der Waals surface area contributed by atoms with Crippen LogP contribution in [0.2, 0.25) is 0 Å². The Labute approximate surface area is 171 Å². The van der Waals surface area contributed by atoms with Gasteiger partial charge in [-0.1, -0.05) is 42.5 Å². The van der Waals surface area contributed by atoms with Crippen molar-refractivity contribution in [3.8, 4) is 11.1 Å². The molecule has 148 valence electrons. The molecule has 2 aromatic carbocycles. The maximum atomic E-state index is 12.2. The van der Waals surface area contributed by atoms with Crippen LogP contribution in [0, 0.1) is 5.92 Å². The zero-order chi connectivity index (χ0) is 20.1. The number of anilines is 1. The molecule has 0 fully saturated rings. The fourth-order valence-electron chi connectivity index (χ4n) is 3.90. The molecule has 0 saturated heterocycles. The van der Waals surface area contributed by atoms with Gasteiger partial charge in [-0.15, -0.1) is 0 Å². The van der Waals surface area contributed by atoms with E-state index in [-0.39, 0.29) is 6.03 Å². The van der Waals surface area contributed by atoms with Crippen LogP contribution in [0.1, 0.15) is 11.1 Å². The lowest BCUT2D eigenvalue weighted by atomic mass is 9.93. The first-order valence-corrected chi connectivity index (χ1v) is 9.99. The molecule has 3 aromatic rings. The van der Waals surface area contributed by atoms with Crippen LogP contribution in [0.25, 0.3) is 11.1 Å². The van der Waals surface area contributed by atoms with E-state index in [2.05, 4.69) is 64.0 Å². The molecule has 1 aliphatic rings. The minimum absolute atomic E-state index is 0.121. The predicted octanol–water partition coefficient (Wildman–Crippen LogP) is 3.86. The summed E-state index contributed by atoms with van der Waals surface area (Å²) in [5.41, 5.74) is 5.99. The van der Waals surface area contributed by atoms with E-state index in [0.717, 1.165) is 29.7 Å². The molecule has 2 N–H and O–H groups in total. The quantitative estimate of drug-likeness (QED) is 0.700. The fraction of sp³-hybridized carbons (Fsp3) is 0.250. The number of carbonyl (C=O) groups is 1. The van der Waals surface area contributed by atoms with Gasteiger partial charge in [-0.25, -0.2) is 4.79 Å². The second-order valence-corrected chi connectivity index (χ2v) is 7.58. The van der Waals surface area contributed by atoms with Crippen LogP contribution >= 0.6 is 0 Å². The molecule has 2 heterocycles. The molecule has 1 aromatic heterocycles. The third-order valence-corrected chi connectivity index (χ3v) is 5.42. The average Bonchev–Trinajstić information content (AvgIpc) is 2.77. The van der Waals surface area contributed by atoms with Crippen LogP contribution in [-0.4, -0.2) is 31.2 Å². The fourth-order valence-corrected chi connectivity index (χ4v) is 3.90. The van der Waals surface area contributed by atoms with Gasteiger partial charge in [0.2, 0.25) is 0 Å². The van der Waals surface area contributed by atoms with E-state index >= 15 is 0 Å². The number of hydrogen-bond donors (Lipinski definition) is 2. The monoisotopic (exact) mass is 386 g/mol. The Morgan fingerprint density at radius 3 is 2.52 bits per heavy atom. The molecule has 0 aliphatic carbocycles. The Morgan fingerprint density at radius 2 is 1.72 bits per heavy atom. The van der Waals surface area contributed by atoms with E-state index in [1.807, 2.05) is 24.3 Å². The van der Waals surface area contributed by atoms with Crippen molar-refractivity contribution in [2.24, 2.45) is 5.92 Å². The molecule has 2 amide bonds. The Bertz CT molecular complexity index is 956. The normalized spacial score (nSPS) is 15.5. The summed E-state index contributed by atoms with van der Waals surface area (Å²) in [5.74, 6) is 0.417. The molecule has 1 aliphatic heterocycles. The van der Waals surface area contributed by atoms with Gasteiger partial charge in [0.15, 0.2) is 0 Å². The summed E-state index contributed by atoms with van der Waals surface area (Å²) >= 11 is 0. The number of para-hydroxylation sites is 1. The van der Waals surface area contributed by atoms with Crippen LogP contribution in [0.3, 0.4) is 0 Å². The van der Waals surface area contributed by atoms with Crippen molar-refractivity contribution in [3.63, 3.8) is 0 Å². The van der Waals surface area contributed by atoms with Gasteiger partial charge < -0.3 is 15.5 Å². The van der Waals surface area contributed by atoms with Gasteiger partial charge >= 0.3 is 6.03 Å². The number of hydrogen-bond acceptors (Lipinski definition) is 3. The molecule has 0 saturated carbocycles. The number of rotatable bonds is 5. The number of amides is 2. The van der Waals surface area contributed by atoms with Crippen molar-refractivity contribution in [3.05, 3.63) is 84.2 Å². The van der Waals surface area contributed by atoms with E-state index in [1.165, 1.54) is 11.3 Å². The summed E-state index contributed by atoms with van der Waals surface area (Å²) in [5, 5.41) is 5.98. The van der Waals surface area contributed by atoms with E-state index in [9.17, 15) is 4.79 Å². The number of nitrogens with zero attached hydrogens (tertiary/aromatic N) is 2. The third kappa shape index (κ3) is 4.74. The van der Waals surface area contributed by atoms with Crippen LogP contribution < -0.4 is 15.5 Å². The summed E-state index contributed by atoms with van der Waals surface area (Å²) in [7, 11) is 2.11. The zero-order valence-electron chi connectivity index (χ0n) is 16.6. The molecule has 5 nitrogen and oxygen atoms in total. The Morgan fingerprint density at radius 1 is 1.00 bits per heavy atom. The van der Waals surface area contributed by atoms with Crippen LogP contribution in [0.4, 0.5) is 10.5 Å². The lowest BCUT2D eigenvalue weighted by Crippen LogP contribution is -2.42. The summed E-state index contributed by atoms with van der Waals surface area (Å²) in [6.45, 7) is 2.13. The van der Waals surface area contributed by atoms with Crippen molar-refractivity contribution in [2.45, 2.75) is 13.0 Å². The lowest BCUT2D eigenvalue weighted by Gasteiger charge is -2.33. The highest BCUT2D eigenvalue weighted by molar-refractivity contribution is 5.74. The van der Waals surface area contributed by atoms with Gasteiger partial charge in [-0.3, -0.25) is 4.98 Å². The molecule has 1 unspecified atom stereocenters. The number of carbonyl (C=O) groups excluding carboxylic acids is 1. The maximum Gasteiger partial charge on any atom is 0.315 e. The van der Waals surface area contributed by atoms with Gasteiger partial charge in [0.05, 0.1) is 0 Å². The van der Waals surface area contributed by atoms with Crippen molar-refractivity contribution < 1.29 is 4.79 Å². The number of nitrogens with one attached hydrogen (secondary N) is 2. The van der Waals surface area contributed by atoms with E-state index in [0.29, 0.717) is 19.0 Å². The predicted molar refractivity (Wildman–Crippen MR) is 117 cm³/mol. The van der Waals surface area contributed by atoms with Gasteiger partial charge in [0.1, 0.15) is 0 Å².